The minimum atomic E-state index is -3.90. The summed E-state index contributed by atoms with van der Waals surface area (Å²) in [5.74, 6) is 0. The number of fused-ring (bicyclic) bond motifs is 3. The van der Waals surface area contributed by atoms with Crippen LogP contribution in [0.25, 0.3) is 21.8 Å². The van der Waals surface area contributed by atoms with Gasteiger partial charge in [0.25, 0.3) is 10.0 Å². The Kier molecular flexibility index (Phi) is 5.52. The van der Waals surface area contributed by atoms with E-state index in [0.29, 0.717) is 42.0 Å². The van der Waals surface area contributed by atoms with Crippen LogP contribution in [0.1, 0.15) is 27.2 Å². The van der Waals surface area contributed by atoms with Crippen LogP contribution in [0.3, 0.4) is 0 Å². The fraction of sp³-hybridized carbons (Fsp3) is 0.280. The van der Waals surface area contributed by atoms with E-state index >= 15 is 0 Å². The van der Waals surface area contributed by atoms with E-state index in [4.69, 9.17) is 4.74 Å². The van der Waals surface area contributed by atoms with E-state index in [1.165, 1.54) is 10.2 Å². The second kappa shape index (κ2) is 8.37. The molecule has 0 bridgehead atoms. The van der Waals surface area contributed by atoms with E-state index in [0.717, 1.165) is 41.3 Å². The Morgan fingerprint density at radius 3 is 2.42 bits per heavy atom. The van der Waals surface area contributed by atoms with Crippen LogP contribution in [0.5, 0.6) is 0 Å². The molecule has 0 aliphatic carbocycles. The van der Waals surface area contributed by atoms with Gasteiger partial charge in [-0.1, -0.05) is 29.8 Å². The van der Waals surface area contributed by atoms with Crippen LogP contribution in [0.2, 0.25) is 0 Å². The van der Waals surface area contributed by atoms with Gasteiger partial charge in [-0.25, -0.2) is 12.4 Å². The molecule has 8 heteroatoms. The predicted molar refractivity (Wildman–Crippen MR) is 127 cm³/mol. The number of carbonyl (C=O) groups is 1. The Labute approximate surface area is 192 Å². The fourth-order valence-corrected chi connectivity index (χ4v) is 6.08. The lowest BCUT2D eigenvalue weighted by Gasteiger charge is -2.27. The van der Waals surface area contributed by atoms with Crippen molar-refractivity contribution in [3.63, 3.8) is 0 Å². The lowest BCUT2D eigenvalue weighted by molar-refractivity contribution is 0.0344. The molecule has 2 aromatic carbocycles. The van der Waals surface area contributed by atoms with E-state index in [1.54, 1.807) is 24.3 Å². The van der Waals surface area contributed by atoms with Crippen LogP contribution in [-0.2, 0) is 21.3 Å². The molecular weight excluding hydrogens is 438 g/mol. The molecule has 0 unspecified atom stereocenters. The van der Waals surface area contributed by atoms with Gasteiger partial charge in [0.05, 0.1) is 35.3 Å². The van der Waals surface area contributed by atoms with Gasteiger partial charge in [0, 0.05) is 30.4 Å². The van der Waals surface area contributed by atoms with Gasteiger partial charge < -0.3 is 4.74 Å². The maximum absolute atomic E-state index is 13.8. The van der Waals surface area contributed by atoms with Crippen LogP contribution in [0.15, 0.2) is 53.6 Å². The van der Waals surface area contributed by atoms with E-state index in [-0.39, 0.29) is 4.90 Å². The zero-order valence-electron chi connectivity index (χ0n) is 18.6. The molecule has 1 fully saturated rings. The summed E-state index contributed by atoms with van der Waals surface area (Å²) in [4.78, 5) is 18.4. The molecule has 0 spiro atoms. The number of aromatic nitrogens is 2. The molecule has 7 nitrogen and oxygen atoms in total. The van der Waals surface area contributed by atoms with Crippen LogP contribution in [0, 0.1) is 13.8 Å². The smallest absolute Gasteiger partial charge is 0.268 e. The largest absolute Gasteiger partial charge is 0.379 e. The van der Waals surface area contributed by atoms with Gasteiger partial charge in [-0.05, 0) is 43.2 Å². The van der Waals surface area contributed by atoms with E-state index in [2.05, 4.69) is 9.88 Å². The van der Waals surface area contributed by atoms with Gasteiger partial charge >= 0.3 is 0 Å². The van der Waals surface area contributed by atoms with Crippen LogP contribution in [0.4, 0.5) is 0 Å². The first-order chi connectivity index (χ1) is 15.9. The van der Waals surface area contributed by atoms with Gasteiger partial charge in [-0.15, -0.1) is 0 Å². The predicted octanol–water partition coefficient (Wildman–Crippen LogP) is 3.69. The zero-order valence-corrected chi connectivity index (χ0v) is 19.4. The average molecular weight is 464 g/mol. The van der Waals surface area contributed by atoms with Crippen molar-refractivity contribution in [3.05, 3.63) is 71.0 Å². The quantitative estimate of drug-likeness (QED) is 0.420. The first-order valence-corrected chi connectivity index (χ1v) is 12.3. The lowest BCUT2D eigenvalue weighted by Crippen LogP contribution is -2.35. The number of pyridine rings is 1. The third-order valence-electron chi connectivity index (χ3n) is 6.33. The second-order valence-corrected chi connectivity index (χ2v) is 10.2. The molecule has 0 amide bonds. The number of aryl methyl sites for hydroxylation is 2. The first kappa shape index (κ1) is 21.8. The second-order valence-electron chi connectivity index (χ2n) is 8.43. The van der Waals surface area contributed by atoms with E-state index in [1.807, 2.05) is 32.0 Å². The molecule has 170 valence electrons. The van der Waals surface area contributed by atoms with Gasteiger partial charge in [-0.2, -0.15) is 0 Å². The van der Waals surface area contributed by atoms with Gasteiger partial charge in [0.15, 0.2) is 6.29 Å². The molecule has 2 aromatic heterocycles. The standard InChI is InChI=1S/C25H25N3O4S/c1-17-6-8-20(9-7-17)33(30,31)28-22-5-3-4-19(15-27-10-12-32-13-11-27)25(22)24-18(2)21(16-29)26-14-23(24)28/h3-9,14,16H,10-13,15H2,1-2H3. The zero-order chi connectivity index (χ0) is 23.2. The minimum Gasteiger partial charge on any atom is -0.379 e. The average Bonchev–Trinajstić information content (AvgIpc) is 3.17. The highest BCUT2D eigenvalue weighted by Crippen LogP contribution is 2.37. The van der Waals surface area contributed by atoms with Gasteiger partial charge in [-0.3, -0.25) is 14.7 Å². The summed E-state index contributed by atoms with van der Waals surface area (Å²) < 4.78 is 34.5. The monoisotopic (exact) mass is 463 g/mol. The number of rotatable bonds is 5. The summed E-state index contributed by atoms with van der Waals surface area (Å²) in [7, 11) is -3.90. The number of hydrogen-bond donors (Lipinski definition) is 0. The van der Waals surface area contributed by atoms with Crippen molar-refractivity contribution in [2.24, 2.45) is 0 Å². The summed E-state index contributed by atoms with van der Waals surface area (Å²) in [6.07, 6.45) is 2.22. The highest BCUT2D eigenvalue weighted by molar-refractivity contribution is 7.90. The summed E-state index contributed by atoms with van der Waals surface area (Å²) in [5.41, 5.74) is 4.06. The molecule has 3 heterocycles. The molecule has 33 heavy (non-hydrogen) atoms. The number of carbonyl (C=O) groups excluding carboxylic acids is 1. The lowest BCUT2D eigenvalue weighted by atomic mass is 10.0. The van der Waals surface area contributed by atoms with Crippen LogP contribution < -0.4 is 0 Å². The molecule has 0 radical (unpaired) electrons. The van der Waals surface area contributed by atoms with Crippen molar-refractivity contribution >= 4 is 38.1 Å². The first-order valence-electron chi connectivity index (χ1n) is 10.9. The van der Waals surface area contributed by atoms with E-state index < -0.39 is 10.0 Å². The van der Waals surface area contributed by atoms with Gasteiger partial charge in [0.2, 0.25) is 0 Å². The van der Waals surface area contributed by atoms with Crippen molar-refractivity contribution in [2.75, 3.05) is 26.3 Å². The number of benzene rings is 2. The maximum Gasteiger partial charge on any atom is 0.268 e. The van der Waals surface area contributed by atoms with Crippen molar-refractivity contribution in [3.8, 4) is 0 Å². The Bertz CT molecular complexity index is 1470. The Morgan fingerprint density at radius 2 is 1.73 bits per heavy atom. The van der Waals surface area contributed by atoms with Crippen molar-refractivity contribution in [2.45, 2.75) is 25.3 Å². The molecule has 0 N–H and O–H groups in total. The summed E-state index contributed by atoms with van der Waals surface area (Å²) >= 11 is 0. The number of hydrogen-bond acceptors (Lipinski definition) is 6. The molecule has 1 aliphatic heterocycles. The van der Waals surface area contributed by atoms with Crippen molar-refractivity contribution in [1.29, 1.82) is 0 Å². The van der Waals surface area contributed by atoms with Crippen molar-refractivity contribution < 1.29 is 17.9 Å². The molecule has 5 rings (SSSR count). The molecule has 0 saturated carbocycles. The van der Waals surface area contributed by atoms with E-state index in [9.17, 15) is 13.2 Å². The molecule has 4 aromatic rings. The third-order valence-corrected chi connectivity index (χ3v) is 8.07. The Hall–Kier alpha value is -3.07. The molecule has 1 aliphatic rings. The summed E-state index contributed by atoms with van der Waals surface area (Å²) in [5, 5.41) is 1.60. The fourth-order valence-electron chi connectivity index (χ4n) is 4.58. The van der Waals surface area contributed by atoms with Gasteiger partial charge in [0.1, 0.15) is 5.69 Å². The minimum absolute atomic E-state index is 0.211. The highest BCUT2D eigenvalue weighted by Gasteiger charge is 2.27. The van der Waals surface area contributed by atoms with Crippen LogP contribution in [-0.4, -0.2) is 54.9 Å². The summed E-state index contributed by atoms with van der Waals surface area (Å²) in [6, 6.07) is 12.6. The SMILES string of the molecule is Cc1ccc(S(=O)(=O)n2c3cccc(CN4CCOCC4)c3c3c(C)c(C=O)ncc32)cc1. The molecule has 0 atom stereocenters. The van der Waals surface area contributed by atoms with Crippen LogP contribution >= 0.6 is 0 Å². The highest BCUT2D eigenvalue weighted by atomic mass is 32.2. The number of ether oxygens (including phenoxy) is 1. The summed E-state index contributed by atoms with van der Waals surface area (Å²) in [6.45, 7) is 7.40. The number of aldehydes is 1. The Balaban J connectivity index is 1.82. The number of morpholine rings is 1. The molecule has 1 saturated heterocycles. The van der Waals surface area contributed by atoms with Crippen molar-refractivity contribution in [1.82, 2.24) is 13.9 Å². The Morgan fingerprint density at radius 1 is 1.00 bits per heavy atom. The maximum atomic E-state index is 13.8. The topological polar surface area (TPSA) is 81.5 Å². The third kappa shape index (κ3) is 3.64. The molecular formula is C25H25N3O4S. The number of nitrogens with zero attached hydrogens (tertiary/aromatic N) is 3. The normalized spacial score (nSPS) is 15.3.